The Morgan fingerprint density at radius 1 is 1.27 bits per heavy atom. The zero-order chi connectivity index (χ0) is 15.2. The van der Waals surface area contributed by atoms with Gasteiger partial charge in [0.15, 0.2) is 5.82 Å². The summed E-state index contributed by atoms with van der Waals surface area (Å²) in [5, 5.41) is 0.422. The Balaban J connectivity index is 1.70. The van der Waals surface area contributed by atoms with Crippen molar-refractivity contribution in [1.82, 2.24) is 9.97 Å². The van der Waals surface area contributed by atoms with E-state index in [-0.39, 0.29) is 5.60 Å². The highest BCUT2D eigenvalue weighted by Gasteiger charge is 2.43. The smallest absolute Gasteiger partial charge is 0.153 e. The van der Waals surface area contributed by atoms with Crippen LogP contribution >= 0.6 is 11.6 Å². The zero-order valence-electron chi connectivity index (χ0n) is 12.1. The second-order valence-electron chi connectivity index (χ2n) is 5.82. The lowest BCUT2D eigenvalue weighted by Gasteiger charge is -2.41. The summed E-state index contributed by atoms with van der Waals surface area (Å²) in [7, 11) is 0. The van der Waals surface area contributed by atoms with E-state index < -0.39 is 0 Å². The molecule has 1 aromatic carbocycles. The number of rotatable bonds is 1. The van der Waals surface area contributed by atoms with Crippen LogP contribution in [0.5, 0.6) is 0 Å². The average molecular weight is 317 g/mol. The van der Waals surface area contributed by atoms with Crippen LogP contribution in [0, 0.1) is 0 Å². The van der Waals surface area contributed by atoms with Gasteiger partial charge in [-0.3, -0.25) is 0 Å². The molecule has 114 valence electrons. The molecular formula is C16H17ClN4O. The van der Waals surface area contributed by atoms with Crippen molar-refractivity contribution in [3.63, 3.8) is 0 Å². The van der Waals surface area contributed by atoms with E-state index in [1.54, 1.807) is 0 Å². The number of hydrogen-bond acceptors (Lipinski definition) is 5. The van der Waals surface area contributed by atoms with Gasteiger partial charge in [0, 0.05) is 6.54 Å². The van der Waals surface area contributed by atoms with E-state index in [1.165, 1.54) is 17.5 Å². The maximum absolute atomic E-state index is 6.29. The van der Waals surface area contributed by atoms with E-state index in [0.29, 0.717) is 23.3 Å². The Hall–Kier alpha value is -1.85. The first-order valence-electron chi connectivity index (χ1n) is 7.43. The van der Waals surface area contributed by atoms with Gasteiger partial charge in [0.1, 0.15) is 22.8 Å². The van der Waals surface area contributed by atoms with Gasteiger partial charge in [0.2, 0.25) is 0 Å². The number of halogens is 1. The van der Waals surface area contributed by atoms with Crippen LogP contribution in [0.15, 0.2) is 30.6 Å². The normalized spacial score (nSPS) is 23.8. The number of nitrogens with two attached hydrogens (primary N) is 1. The van der Waals surface area contributed by atoms with Crippen LogP contribution in [0.3, 0.4) is 0 Å². The molecule has 2 heterocycles. The van der Waals surface area contributed by atoms with Gasteiger partial charge >= 0.3 is 0 Å². The van der Waals surface area contributed by atoms with Crippen molar-refractivity contribution in [3.8, 4) is 0 Å². The first kappa shape index (κ1) is 13.8. The van der Waals surface area contributed by atoms with E-state index >= 15 is 0 Å². The number of nitrogen functional groups attached to an aromatic ring is 1. The highest BCUT2D eigenvalue weighted by atomic mass is 35.5. The maximum Gasteiger partial charge on any atom is 0.153 e. The third-order valence-electron chi connectivity index (χ3n) is 4.59. The standard InChI is InChI=1S/C16H17ClN4O/c17-13-14(18)19-10-20-15(13)21-7-8-22-16(9-21)6-5-11-3-1-2-4-12(11)16/h1-4,10H,5-9H2,(H2,18,19,20). The number of ether oxygens (including phenoxy) is 1. The van der Waals surface area contributed by atoms with Crippen LogP contribution in [0.25, 0.3) is 0 Å². The molecule has 1 saturated heterocycles. The molecule has 2 aromatic rings. The molecule has 1 aliphatic carbocycles. The molecule has 1 aliphatic heterocycles. The summed E-state index contributed by atoms with van der Waals surface area (Å²) < 4.78 is 6.22. The molecule has 2 N–H and O–H groups in total. The molecule has 0 radical (unpaired) electrons. The molecule has 5 nitrogen and oxygen atoms in total. The van der Waals surface area contributed by atoms with Gasteiger partial charge < -0.3 is 15.4 Å². The molecule has 1 spiro atoms. The Labute approximate surface area is 134 Å². The van der Waals surface area contributed by atoms with Gasteiger partial charge in [-0.25, -0.2) is 9.97 Å². The fourth-order valence-corrected chi connectivity index (χ4v) is 3.74. The molecule has 4 rings (SSSR count). The van der Waals surface area contributed by atoms with Crippen molar-refractivity contribution >= 4 is 23.2 Å². The summed E-state index contributed by atoms with van der Waals surface area (Å²) in [6, 6.07) is 8.51. The number of benzene rings is 1. The largest absolute Gasteiger partial charge is 0.382 e. The fraction of sp³-hybridized carbons (Fsp3) is 0.375. The van der Waals surface area contributed by atoms with Crippen LogP contribution < -0.4 is 10.6 Å². The minimum absolute atomic E-state index is 0.266. The van der Waals surface area contributed by atoms with E-state index in [2.05, 4.69) is 39.1 Å². The first-order valence-corrected chi connectivity index (χ1v) is 7.81. The fourth-order valence-electron chi connectivity index (χ4n) is 3.53. The third-order valence-corrected chi connectivity index (χ3v) is 4.95. The van der Waals surface area contributed by atoms with E-state index in [4.69, 9.17) is 22.1 Å². The second-order valence-corrected chi connectivity index (χ2v) is 6.20. The van der Waals surface area contributed by atoms with Crippen LogP contribution in [0.4, 0.5) is 11.6 Å². The molecule has 1 fully saturated rings. The van der Waals surface area contributed by atoms with Crippen molar-refractivity contribution in [3.05, 3.63) is 46.7 Å². The lowest BCUT2D eigenvalue weighted by molar-refractivity contribution is -0.0594. The number of anilines is 2. The number of aryl methyl sites for hydroxylation is 1. The minimum atomic E-state index is -0.266. The molecule has 6 heteroatoms. The van der Waals surface area contributed by atoms with Gasteiger partial charge in [-0.05, 0) is 24.0 Å². The van der Waals surface area contributed by atoms with Crippen LogP contribution in [0.2, 0.25) is 5.02 Å². The van der Waals surface area contributed by atoms with E-state index in [9.17, 15) is 0 Å². The summed E-state index contributed by atoms with van der Waals surface area (Å²) in [5.74, 6) is 1.01. The van der Waals surface area contributed by atoms with Gasteiger partial charge in [-0.15, -0.1) is 0 Å². The van der Waals surface area contributed by atoms with E-state index in [1.807, 2.05) is 0 Å². The maximum atomic E-state index is 6.29. The monoisotopic (exact) mass is 316 g/mol. The summed E-state index contributed by atoms with van der Waals surface area (Å²) >= 11 is 6.29. The Kier molecular flexibility index (Phi) is 3.20. The van der Waals surface area contributed by atoms with Crippen molar-refractivity contribution in [2.45, 2.75) is 18.4 Å². The Morgan fingerprint density at radius 2 is 2.14 bits per heavy atom. The first-order chi connectivity index (χ1) is 10.7. The zero-order valence-corrected chi connectivity index (χ0v) is 12.9. The summed E-state index contributed by atoms with van der Waals surface area (Å²) in [4.78, 5) is 10.4. The molecule has 0 bridgehead atoms. The van der Waals surface area contributed by atoms with Crippen molar-refractivity contribution < 1.29 is 4.74 Å². The SMILES string of the molecule is Nc1ncnc(N2CCOC3(CCc4ccccc43)C2)c1Cl. The molecular weight excluding hydrogens is 300 g/mol. The quantitative estimate of drug-likeness (QED) is 0.875. The molecule has 2 aliphatic rings. The lowest BCUT2D eigenvalue weighted by Crippen LogP contribution is -2.49. The molecule has 1 aromatic heterocycles. The highest BCUT2D eigenvalue weighted by molar-refractivity contribution is 6.35. The van der Waals surface area contributed by atoms with Gasteiger partial charge in [0.05, 0.1) is 13.2 Å². The Morgan fingerprint density at radius 3 is 3.05 bits per heavy atom. The second kappa shape index (κ2) is 5.11. The Bertz CT molecular complexity index is 719. The third kappa shape index (κ3) is 2.04. The predicted molar refractivity (Wildman–Crippen MR) is 86.1 cm³/mol. The number of fused-ring (bicyclic) bond motifs is 2. The van der Waals surface area contributed by atoms with Crippen molar-refractivity contribution in [2.24, 2.45) is 0 Å². The summed E-state index contributed by atoms with van der Waals surface area (Å²) in [5.41, 5.74) is 8.20. The van der Waals surface area contributed by atoms with E-state index in [0.717, 1.165) is 25.9 Å². The molecule has 0 amide bonds. The summed E-state index contributed by atoms with van der Waals surface area (Å²) in [6.07, 6.45) is 3.49. The average Bonchev–Trinajstić information content (AvgIpc) is 2.89. The number of hydrogen-bond donors (Lipinski definition) is 1. The van der Waals surface area contributed by atoms with Crippen LogP contribution in [-0.4, -0.2) is 29.7 Å². The van der Waals surface area contributed by atoms with Crippen molar-refractivity contribution in [1.29, 1.82) is 0 Å². The van der Waals surface area contributed by atoms with Gasteiger partial charge in [-0.2, -0.15) is 0 Å². The number of morpholine rings is 1. The van der Waals surface area contributed by atoms with Gasteiger partial charge in [-0.1, -0.05) is 35.9 Å². The predicted octanol–water partition coefficient (Wildman–Crippen LogP) is 2.39. The molecule has 0 saturated carbocycles. The van der Waals surface area contributed by atoms with Crippen LogP contribution in [0.1, 0.15) is 17.5 Å². The van der Waals surface area contributed by atoms with Gasteiger partial charge in [0.25, 0.3) is 0 Å². The minimum Gasteiger partial charge on any atom is -0.382 e. The molecule has 22 heavy (non-hydrogen) atoms. The van der Waals surface area contributed by atoms with Crippen molar-refractivity contribution in [2.75, 3.05) is 30.3 Å². The number of aromatic nitrogens is 2. The molecule has 1 atom stereocenters. The molecule has 1 unspecified atom stereocenters. The van der Waals surface area contributed by atoms with Crippen LogP contribution in [-0.2, 0) is 16.8 Å². The topological polar surface area (TPSA) is 64.3 Å². The highest BCUT2D eigenvalue weighted by Crippen LogP contribution is 2.43. The number of nitrogens with zero attached hydrogens (tertiary/aromatic N) is 3. The lowest BCUT2D eigenvalue weighted by atomic mass is 9.93. The summed E-state index contributed by atoms with van der Waals surface area (Å²) in [6.45, 7) is 2.13.